The van der Waals surface area contributed by atoms with Gasteiger partial charge in [0, 0.05) is 43.6 Å². The Morgan fingerprint density at radius 3 is 2.28 bits per heavy atom. The molecule has 1 amide bonds. The molecule has 0 spiro atoms. The largest absolute Gasteiger partial charge is 0.347 e. The smallest absolute Gasteiger partial charge is 0.257 e. The summed E-state index contributed by atoms with van der Waals surface area (Å²) in [5.41, 5.74) is 0.764. The Kier molecular flexibility index (Phi) is 7.29. The van der Waals surface area contributed by atoms with Gasteiger partial charge in [0.25, 0.3) is 5.91 Å². The van der Waals surface area contributed by atoms with Crippen LogP contribution in [0.25, 0.3) is 0 Å². The SMILES string of the molecule is C[C@@H](NC(=O)c1c(F)cccc1F)[C@@H](c1cccs1)N1CCN(Cc2ccccc2)CC1. The standard InChI is InChI=1S/C25H27F2N3OS/c1-18(28-25(31)23-20(26)9-5-10-21(23)27)24(22-11-6-16-32-22)30-14-12-29(13-15-30)17-19-7-3-2-4-8-19/h2-11,16,18,24H,12-15,17H2,1H3,(H,28,31)/t18-,24+/m1/s1. The van der Waals surface area contributed by atoms with Crippen LogP contribution in [0.4, 0.5) is 8.78 Å². The van der Waals surface area contributed by atoms with Crippen LogP contribution in [-0.4, -0.2) is 47.9 Å². The first-order chi connectivity index (χ1) is 15.5. The molecule has 1 aromatic heterocycles. The van der Waals surface area contributed by atoms with Gasteiger partial charge in [0.2, 0.25) is 0 Å². The van der Waals surface area contributed by atoms with Gasteiger partial charge >= 0.3 is 0 Å². The van der Waals surface area contributed by atoms with Crippen molar-refractivity contribution in [3.05, 3.63) is 93.7 Å². The Balaban J connectivity index is 1.44. The van der Waals surface area contributed by atoms with Crippen molar-refractivity contribution < 1.29 is 13.6 Å². The van der Waals surface area contributed by atoms with E-state index in [2.05, 4.69) is 45.4 Å². The zero-order valence-electron chi connectivity index (χ0n) is 18.0. The van der Waals surface area contributed by atoms with Gasteiger partial charge in [-0.1, -0.05) is 42.5 Å². The summed E-state index contributed by atoms with van der Waals surface area (Å²) in [6.07, 6.45) is 0. The predicted octanol–water partition coefficient (Wildman–Crippen LogP) is 4.70. The number of nitrogens with one attached hydrogen (secondary N) is 1. The lowest BCUT2D eigenvalue weighted by atomic mass is 10.0. The van der Waals surface area contributed by atoms with Crippen molar-refractivity contribution in [1.82, 2.24) is 15.1 Å². The summed E-state index contributed by atoms with van der Waals surface area (Å²) in [5, 5.41) is 4.86. The van der Waals surface area contributed by atoms with Crippen LogP contribution < -0.4 is 5.32 Å². The molecule has 0 saturated carbocycles. The van der Waals surface area contributed by atoms with Gasteiger partial charge in [0.05, 0.1) is 6.04 Å². The summed E-state index contributed by atoms with van der Waals surface area (Å²) in [4.78, 5) is 18.6. The number of nitrogens with zero attached hydrogens (tertiary/aromatic N) is 2. The number of carbonyl (C=O) groups excluding carboxylic acids is 1. The van der Waals surface area contributed by atoms with Crippen molar-refractivity contribution in [2.45, 2.75) is 25.6 Å². The molecular weight excluding hydrogens is 428 g/mol. The Hall–Kier alpha value is -2.61. The zero-order chi connectivity index (χ0) is 22.5. The topological polar surface area (TPSA) is 35.6 Å². The molecule has 1 N–H and O–H groups in total. The molecule has 0 radical (unpaired) electrons. The lowest BCUT2D eigenvalue weighted by Crippen LogP contribution is -2.52. The van der Waals surface area contributed by atoms with Crippen LogP contribution in [0.2, 0.25) is 0 Å². The molecule has 2 aromatic carbocycles. The van der Waals surface area contributed by atoms with Crippen molar-refractivity contribution in [2.24, 2.45) is 0 Å². The van der Waals surface area contributed by atoms with Crippen LogP contribution in [0, 0.1) is 11.6 Å². The van der Waals surface area contributed by atoms with Gasteiger partial charge in [-0.3, -0.25) is 14.6 Å². The van der Waals surface area contributed by atoms with Crippen LogP contribution in [0.15, 0.2) is 66.0 Å². The van der Waals surface area contributed by atoms with E-state index in [9.17, 15) is 13.6 Å². The summed E-state index contributed by atoms with van der Waals surface area (Å²) in [7, 11) is 0. The zero-order valence-corrected chi connectivity index (χ0v) is 18.8. The van der Waals surface area contributed by atoms with Gasteiger partial charge < -0.3 is 5.32 Å². The van der Waals surface area contributed by atoms with E-state index < -0.39 is 23.1 Å². The summed E-state index contributed by atoms with van der Waals surface area (Å²) in [6, 6.07) is 17.5. The minimum absolute atomic E-state index is 0.0624. The van der Waals surface area contributed by atoms with Crippen LogP contribution in [0.1, 0.15) is 33.8 Å². The number of amides is 1. The summed E-state index contributed by atoms with van der Waals surface area (Å²) < 4.78 is 28.2. The van der Waals surface area contributed by atoms with Crippen molar-refractivity contribution in [3.8, 4) is 0 Å². The van der Waals surface area contributed by atoms with Crippen molar-refractivity contribution in [1.29, 1.82) is 0 Å². The molecule has 1 fully saturated rings. The van der Waals surface area contributed by atoms with E-state index >= 15 is 0 Å². The second kappa shape index (κ2) is 10.3. The molecule has 4 rings (SSSR count). The van der Waals surface area contributed by atoms with Crippen molar-refractivity contribution in [3.63, 3.8) is 0 Å². The molecular formula is C25H27F2N3OS. The number of thiophene rings is 1. The molecule has 0 unspecified atom stereocenters. The fourth-order valence-corrected chi connectivity index (χ4v) is 5.28. The van der Waals surface area contributed by atoms with Crippen LogP contribution in [-0.2, 0) is 6.54 Å². The molecule has 1 aliphatic rings. The molecule has 0 bridgehead atoms. The maximum atomic E-state index is 14.1. The minimum atomic E-state index is -0.850. The number of hydrogen-bond donors (Lipinski definition) is 1. The number of halogens is 2. The fourth-order valence-electron chi connectivity index (χ4n) is 4.32. The highest BCUT2D eigenvalue weighted by atomic mass is 32.1. The van der Waals surface area contributed by atoms with Crippen LogP contribution >= 0.6 is 11.3 Å². The second-order valence-electron chi connectivity index (χ2n) is 8.12. The second-order valence-corrected chi connectivity index (χ2v) is 9.10. The fraction of sp³-hybridized carbons (Fsp3) is 0.320. The molecule has 0 aliphatic carbocycles. The molecule has 1 saturated heterocycles. The maximum Gasteiger partial charge on any atom is 0.257 e. The van der Waals surface area contributed by atoms with E-state index in [-0.39, 0.29) is 12.1 Å². The highest BCUT2D eigenvalue weighted by Gasteiger charge is 2.31. The molecule has 3 aromatic rings. The number of carbonyl (C=O) groups is 1. The van der Waals surface area contributed by atoms with Gasteiger partial charge in [0.1, 0.15) is 17.2 Å². The van der Waals surface area contributed by atoms with Gasteiger partial charge in [-0.2, -0.15) is 0 Å². The number of piperazine rings is 1. The Morgan fingerprint density at radius 1 is 0.969 bits per heavy atom. The number of hydrogen-bond acceptors (Lipinski definition) is 4. The van der Waals surface area contributed by atoms with Gasteiger partial charge in [-0.05, 0) is 36.1 Å². The van der Waals surface area contributed by atoms with E-state index in [1.165, 1.54) is 11.6 Å². The molecule has 2 heterocycles. The highest BCUT2D eigenvalue weighted by molar-refractivity contribution is 7.10. The predicted molar refractivity (Wildman–Crippen MR) is 124 cm³/mol. The average Bonchev–Trinajstić information content (AvgIpc) is 3.30. The molecule has 1 aliphatic heterocycles. The molecule has 168 valence electrons. The lowest BCUT2D eigenvalue weighted by molar-refractivity contribution is 0.0711. The highest BCUT2D eigenvalue weighted by Crippen LogP contribution is 2.30. The Morgan fingerprint density at radius 2 is 1.66 bits per heavy atom. The van der Waals surface area contributed by atoms with Gasteiger partial charge in [-0.25, -0.2) is 8.78 Å². The molecule has 32 heavy (non-hydrogen) atoms. The Bertz CT molecular complexity index is 1000. The first-order valence-electron chi connectivity index (χ1n) is 10.8. The third-order valence-corrected chi connectivity index (χ3v) is 6.85. The third-order valence-electron chi connectivity index (χ3n) is 5.91. The Labute approximate surface area is 191 Å². The number of rotatable bonds is 7. The van der Waals surface area contributed by atoms with Crippen molar-refractivity contribution >= 4 is 17.2 Å². The molecule has 7 heteroatoms. The van der Waals surface area contributed by atoms with Crippen molar-refractivity contribution in [2.75, 3.05) is 26.2 Å². The minimum Gasteiger partial charge on any atom is -0.347 e. The average molecular weight is 456 g/mol. The quantitative estimate of drug-likeness (QED) is 0.561. The maximum absolute atomic E-state index is 14.1. The van der Waals surface area contributed by atoms with E-state index in [4.69, 9.17) is 0 Å². The lowest BCUT2D eigenvalue weighted by Gasteiger charge is -2.41. The molecule has 2 atom stereocenters. The monoisotopic (exact) mass is 455 g/mol. The first kappa shape index (κ1) is 22.6. The van der Waals surface area contributed by atoms with Crippen LogP contribution in [0.5, 0.6) is 0 Å². The molecule has 4 nitrogen and oxygen atoms in total. The van der Waals surface area contributed by atoms with Gasteiger partial charge in [0.15, 0.2) is 0 Å². The van der Waals surface area contributed by atoms with Gasteiger partial charge in [-0.15, -0.1) is 11.3 Å². The third kappa shape index (κ3) is 5.23. The van der Waals surface area contributed by atoms with E-state index in [0.717, 1.165) is 49.7 Å². The van der Waals surface area contributed by atoms with Crippen LogP contribution in [0.3, 0.4) is 0 Å². The normalized spacial score (nSPS) is 17.1. The summed E-state index contributed by atoms with van der Waals surface area (Å²) in [6.45, 7) is 6.35. The van der Waals surface area contributed by atoms with E-state index in [1.807, 2.05) is 24.4 Å². The number of benzene rings is 2. The van der Waals surface area contributed by atoms with E-state index in [1.54, 1.807) is 11.3 Å². The van der Waals surface area contributed by atoms with E-state index in [0.29, 0.717) is 0 Å². The summed E-state index contributed by atoms with van der Waals surface area (Å²) in [5.74, 6) is -2.42. The summed E-state index contributed by atoms with van der Waals surface area (Å²) >= 11 is 1.63. The first-order valence-corrected chi connectivity index (χ1v) is 11.7.